The van der Waals surface area contributed by atoms with Gasteiger partial charge in [0.1, 0.15) is 0 Å². The van der Waals surface area contributed by atoms with E-state index in [0.717, 1.165) is 24.8 Å². The summed E-state index contributed by atoms with van der Waals surface area (Å²) in [6.07, 6.45) is 4.05. The molecule has 1 aromatic rings. The zero-order valence-electron chi connectivity index (χ0n) is 9.66. The van der Waals surface area contributed by atoms with Gasteiger partial charge in [-0.1, -0.05) is 24.3 Å². The minimum atomic E-state index is -0.442. The van der Waals surface area contributed by atoms with E-state index in [1.54, 1.807) is 0 Å². The second-order valence-corrected chi connectivity index (χ2v) is 4.97. The van der Waals surface area contributed by atoms with Gasteiger partial charge < -0.3 is 0 Å². The van der Waals surface area contributed by atoms with Crippen LogP contribution in [-0.4, -0.2) is 11.8 Å². The average Bonchev–Trinajstić information content (AvgIpc) is 2.35. The minimum absolute atomic E-state index is 0.0964. The van der Waals surface area contributed by atoms with E-state index in [9.17, 15) is 9.59 Å². The van der Waals surface area contributed by atoms with Gasteiger partial charge in [-0.3, -0.25) is 14.9 Å². The van der Waals surface area contributed by atoms with E-state index >= 15 is 0 Å². The topological polar surface area (TPSA) is 46.2 Å². The molecule has 1 aromatic carbocycles. The Bertz CT molecular complexity index is 495. The number of hydrogen-bond donors (Lipinski definition) is 1. The summed E-state index contributed by atoms with van der Waals surface area (Å²) in [6, 6.07) is 8.14. The van der Waals surface area contributed by atoms with Crippen LogP contribution in [0.4, 0.5) is 0 Å². The molecular formula is C14H15NO2. The summed E-state index contributed by atoms with van der Waals surface area (Å²) in [5.41, 5.74) is 1.96. The van der Waals surface area contributed by atoms with Crippen molar-refractivity contribution in [3.05, 3.63) is 35.4 Å². The molecule has 0 unspecified atom stereocenters. The van der Waals surface area contributed by atoms with Crippen molar-refractivity contribution in [3.63, 3.8) is 0 Å². The first-order valence-corrected chi connectivity index (χ1v) is 6.15. The molecule has 1 heterocycles. The van der Waals surface area contributed by atoms with Crippen LogP contribution in [-0.2, 0) is 21.4 Å². The van der Waals surface area contributed by atoms with E-state index in [4.69, 9.17) is 0 Å². The summed E-state index contributed by atoms with van der Waals surface area (Å²) in [4.78, 5) is 23.5. The molecule has 0 radical (unpaired) electrons. The van der Waals surface area contributed by atoms with Crippen LogP contribution >= 0.6 is 0 Å². The molecule has 0 saturated carbocycles. The number of benzene rings is 1. The maximum atomic E-state index is 12.2. The normalized spacial score (nSPS) is 27.8. The zero-order valence-corrected chi connectivity index (χ0v) is 9.66. The molecule has 88 valence electrons. The summed E-state index contributed by atoms with van der Waals surface area (Å²) < 4.78 is 0. The van der Waals surface area contributed by atoms with Gasteiger partial charge in [-0.05, 0) is 36.8 Å². The van der Waals surface area contributed by atoms with Gasteiger partial charge >= 0.3 is 0 Å². The molecule has 17 heavy (non-hydrogen) atoms. The lowest BCUT2D eigenvalue weighted by atomic mass is 9.65. The minimum Gasteiger partial charge on any atom is -0.296 e. The first kappa shape index (κ1) is 10.5. The van der Waals surface area contributed by atoms with Crippen LogP contribution in [0.5, 0.6) is 0 Å². The van der Waals surface area contributed by atoms with Crippen molar-refractivity contribution in [2.45, 2.75) is 37.5 Å². The number of nitrogens with one attached hydrogen (secondary N) is 1. The zero-order chi connectivity index (χ0) is 11.9. The Morgan fingerprint density at radius 3 is 2.71 bits per heavy atom. The molecule has 1 fully saturated rings. The Labute approximate surface area is 100 Å². The molecule has 3 heteroatoms. The fourth-order valence-electron chi connectivity index (χ4n) is 3.17. The van der Waals surface area contributed by atoms with Crippen molar-refractivity contribution in [2.75, 3.05) is 0 Å². The van der Waals surface area contributed by atoms with E-state index in [1.807, 2.05) is 18.2 Å². The van der Waals surface area contributed by atoms with E-state index < -0.39 is 5.41 Å². The molecule has 1 aliphatic carbocycles. The lowest BCUT2D eigenvalue weighted by Crippen LogP contribution is -2.52. The van der Waals surface area contributed by atoms with Crippen LogP contribution in [0.15, 0.2) is 24.3 Å². The van der Waals surface area contributed by atoms with Crippen molar-refractivity contribution in [1.29, 1.82) is 0 Å². The Kier molecular flexibility index (Phi) is 2.28. The summed E-state index contributed by atoms with van der Waals surface area (Å²) in [5.74, 6) is -0.232. The third-order valence-corrected chi connectivity index (χ3v) is 4.05. The molecule has 3 rings (SSSR count). The third-order valence-electron chi connectivity index (χ3n) is 4.05. The van der Waals surface area contributed by atoms with Gasteiger partial charge in [-0.2, -0.15) is 0 Å². The highest BCUT2D eigenvalue weighted by molar-refractivity contribution is 6.03. The predicted octanol–water partition coefficient (Wildman–Crippen LogP) is 1.70. The molecule has 2 aliphatic rings. The Morgan fingerprint density at radius 2 is 1.88 bits per heavy atom. The number of carbonyl (C=O) groups excluding carboxylic acids is 2. The van der Waals surface area contributed by atoms with Crippen molar-refractivity contribution >= 4 is 11.8 Å². The number of imide groups is 1. The maximum Gasteiger partial charge on any atom is 0.237 e. The number of rotatable bonds is 0. The monoisotopic (exact) mass is 229 g/mol. The number of aryl methyl sites for hydroxylation is 1. The highest BCUT2D eigenvalue weighted by atomic mass is 16.2. The lowest BCUT2D eigenvalue weighted by Gasteiger charge is -2.40. The third kappa shape index (κ3) is 1.49. The SMILES string of the molecule is O=C1CC[C@@]2(CCCc3ccccc32)C(=O)N1. The first-order valence-electron chi connectivity index (χ1n) is 6.15. The van der Waals surface area contributed by atoms with Crippen molar-refractivity contribution in [1.82, 2.24) is 5.32 Å². The number of hydrogen-bond acceptors (Lipinski definition) is 2. The molecule has 2 amide bonds. The number of carbonyl (C=O) groups is 2. The molecule has 3 nitrogen and oxygen atoms in total. The highest BCUT2D eigenvalue weighted by Gasteiger charge is 2.46. The Balaban J connectivity index is 2.09. The van der Waals surface area contributed by atoms with Crippen LogP contribution in [0.2, 0.25) is 0 Å². The maximum absolute atomic E-state index is 12.2. The van der Waals surface area contributed by atoms with Crippen LogP contribution < -0.4 is 5.32 Å². The van der Waals surface area contributed by atoms with E-state index in [1.165, 1.54) is 5.56 Å². The first-order chi connectivity index (χ1) is 8.22. The molecule has 0 aromatic heterocycles. The van der Waals surface area contributed by atoms with E-state index in [0.29, 0.717) is 12.8 Å². The van der Waals surface area contributed by atoms with E-state index in [2.05, 4.69) is 11.4 Å². The van der Waals surface area contributed by atoms with E-state index in [-0.39, 0.29) is 11.8 Å². The van der Waals surface area contributed by atoms with Crippen LogP contribution in [0.1, 0.15) is 36.8 Å². The van der Waals surface area contributed by atoms with Gasteiger partial charge in [0.25, 0.3) is 0 Å². The van der Waals surface area contributed by atoms with Gasteiger partial charge in [0, 0.05) is 6.42 Å². The largest absolute Gasteiger partial charge is 0.296 e. The number of piperidine rings is 1. The van der Waals surface area contributed by atoms with Crippen molar-refractivity contribution in [2.24, 2.45) is 0 Å². The quantitative estimate of drug-likeness (QED) is 0.688. The second kappa shape index (κ2) is 3.69. The molecular weight excluding hydrogens is 214 g/mol. The Morgan fingerprint density at radius 1 is 1.06 bits per heavy atom. The summed E-state index contributed by atoms with van der Waals surface area (Å²) in [6.45, 7) is 0. The fourth-order valence-corrected chi connectivity index (χ4v) is 3.17. The van der Waals surface area contributed by atoms with Crippen molar-refractivity contribution < 1.29 is 9.59 Å². The van der Waals surface area contributed by atoms with Crippen LogP contribution in [0, 0.1) is 0 Å². The predicted molar refractivity (Wildman–Crippen MR) is 63.4 cm³/mol. The molecule has 1 N–H and O–H groups in total. The van der Waals surface area contributed by atoms with Gasteiger partial charge in [-0.15, -0.1) is 0 Å². The molecule has 1 atom stereocenters. The van der Waals surface area contributed by atoms with Gasteiger partial charge in [0.05, 0.1) is 5.41 Å². The van der Waals surface area contributed by atoms with Gasteiger partial charge in [0.2, 0.25) is 11.8 Å². The average molecular weight is 229 g/mol. The molecule has 1 spiro atoms. The summed E-state index contributed by atoms with van der Waals surface area (Å²) >= 11 is 0. The van der Waals surface area contributed by atoms with Crippen LogP contribution in [0.3, 0.4) is 0 Å². The smallest absolute Gasteiger partial charge is 0.237 e. The fraction of sp³-hybridized carbons (Fsp3) is 0.429. The molecule has 1 aliphatic heterocycles. The molecule has 0 bridgehead atoms. The van der Waals surface area contributed by atoms with Crippen molar-refractivity contribution in [3.8, 4) is 0 Å². The molecule has 1 saturated heterocycles. The van der Waals surface area contributed by atoms with Gasteiger partial charge in [-0.25, -0.2) is 0 Å². The van der Waals surface area contributed by atoms with Crippen LogP contribution in [0.25, 0.3) is 0 Å². The lowest BCUT2D eigenvalue weighted by molar-refractivity contribution is -0.138. The Hall–Kier alpha value is -1.64. The summed E-state index contributed by atoms with van der Waals surface area (Å²) in [7, 11) is 0. The number of fused-ring (bicyclic) bond motifs is 2. The summed E-state index contributed by atoms with van der Waals surface area (Å²) in [5, 5.41) is 2.50. The number of amides is 2. The highest BCUT2D eigenvalue weighted by Crippen LogP contribution is 2.42. The standard InChI is InChI=1S/C14H15NO2/c16-12-7-9-14(13(17)15-12)8-3-5-10-4-1-2-6-11(10)14/h1-2,4,6H,3,5,7-9H2,(H,15,16,17)/t14-/m1/s1. The second-order valence-electron chi connectivity index (χ2n) is 4.97. The van der Waals surface area contributed by atoms with Gasteiger partial charge in [0.15, 0.2) is 0 Å².